The predicted molar refractivity (Wildman–Crippen MR) is 138 cm³/mol. The lowest BCUT2D eigenvalue weighted by atomic mass is 9.88. The molecule has 35 heavy (non-hydrogen) atoms. The van der Waals surface area contributed by atoms with Crippen molar-refractivity contribution in [2.24, 2.45) is 5.73 Å². The third-order valence-corrected chi connectivity index (χ3v) is 8.26. The molecule has 0 aliphatic carbocycles. The van der Waals surface area contributed by atoms with Crippen molar-refractivity contribution in [3.8, 4) is 0 Å². The van der Waals surface area contributed by atoms with Crippen molar-refractivity contribution in [2.75, 3.05) is 19.6 Å². The molecule has 3 aliphatic rings. The van der Waals surface area contributed by atoms with Gasteiger partial charge in [0.15, 0.2) is 0 Å². The molecule has 2 aromatic carbocycles. The summed E-state index contributed by atoms with van der Waals surface area (Å²) in [6.45, 7) is 4.65. The predicted octanol–water partition coefficient (Wildman–Crippen LogP) is 3.25. The molecule has 3 saturated heterocycles. The summed E-state index contributed by atoms with van der Waals surface area (Å²) in [4.78, 5) is 30.9. The Morgan fingerprint density at radius 1 is 1.03 bits per heavy atom. The summed E-state index contributed by atoms with van der Waals surface area (Å²) in [7, 11) is 0. The maximum Gasteiger partial charge on any atom is 0.245 e. The van der Waals surface area contributed by atoms with Crippen molar-refractivity contribution in [1.82, 2.24) is 15.1 Å². The van der Waals surface area contributed by atoms with Gasteiger partial charge in [-0.1, -0.05) is 60.7 Å². The van der Waals surface area contributed by atoms with Crippen LogP contribution in [0.4, 0.5) is 0 Å². The summed E-state index contributed by atoms with van der Waals surface area (Å²) in [6.07, 6.45) is 4.70. The quantitative estimate of drug-likeness (QED) is 0.674. The van der Waals surface area contributed by atoms with Crippen molar-refractivity contribution in [2.45, 2.75) is 75.0 Å². The third-order valence-electron chi connectivity index (χ3n) is 8.26. The highest BCUT2D eigenvalue weighted by Gasteiger charge is 2.48. The fourth-order valence-corrected chi connectivity index (χ4v) is 6.50. The number of benzene rings is 2. The van der Waals surface area contributed by atoms with Crippen LogP contribution >= 0.6 is 0 Å². The minimum absolute atomic E-state index is 0.0729. The number of fused-ring (bicyclic) bond motifs is 1. The molecule has 3 N–H and O–H groups in total. The highest BCUT2D eigenvalue weighted by atomic mass is 16.2. The number of carbonyl (C=O) groups excluding carboxylic acids is 2. The molecule has 6 nitrogen and oxygen atoms in total. The van der Waals surface area contributed by atoms with Gasteiger partial charge in [-0.15, -0.1) is 0 Å². The molecule has 0 aromatic heterocycles. The van der Waals surface area contributed by atoms with Gasteiger partial charge in [-0.3, -0.25) is 9.59 Å². The second kappa shape index (κ2) is 10.5. The number of nitrogens with one attached hydrogen (secondary N) is 1. The number of amides is 2. The van der Waals surface area contributed by atoms with Gasteiger partial charge in [0.1, 0.15) is 6.04 Å². The second-order valence-electron chi connectivity index (χ2n) is 10.7. The minimum atomic E-state index is -0.618. The van der Waals surface area contributed by atoms with Crippen molar-refractivity contribution < 1.29 is 9.59 Å². The van der Waals surface area contributed by atoms with E-state index in [4.69, 9.17) is 5.73 Å². The Balaban J connectivity index is 1.36. The number of hydrogen-bond donors (Lipinski definition) is 2. The molecule has 0 spiro atoms. The summed E-state index contributed by atoms with van der Waals surface area (Å²) in [5, 5.41) is 2.95. The molecule has 6 heteroatoms. The molecular weight excluding hydrogens is 436 g/mol. The van der Waals surface area contributed by atoms with E-state index in [1.54, 1.807) is 6.92 Å². The van der Waals surface area contributed by atoms with Crippen LogP contribution in [0.5, 0.6) is 0 Å². The first-order chi connectivity index (χ1) is 17.0. The molecule has 2 unspecified atom stereocenters. The molecule has 2 amide bonds. The number of nitrogens with two attached hydrogens (primary N) is 1. The Morgan fingerprint density at radius 2 is 1.71 bits per heavy atom. The van der Waals surface area contributed by atoms with E-state index in [0.29, 0.717) is 18.3 Å². The second-order valence-corrected chi connectivity index (χ2v) is 10.7. The zero-order valence-corrected chi connectivity index (χ0v) is 20.7. The summed E-state index contributed by atoms with van der Waals surface area (Å²) in [5.74, 6) is 0.711. The molecule has 6 atom stereocenters. The van der Waals surface area contributed by atoms with Crippen LogP contribution in [-0.2, 0) is 9.59 Å². The lowest BCUT2D eigenvalue weighted by Crippen LogP contribution is -2.55. The number of hydrogen-bond acceptors (Lipinski definition) is 4. The molecular formula is C29H38N4O2. The van der Waals surface area contributed by atoms with Crippen molar-refractivity contribution in [1.29, 1.82) is 0 Å². The number of likely N-dealkylation sites (tertiary alicyclic amines) is 1. The summed E-state index contributed by atoms with van der Waals surface area (Å²) in [5.41, 5.74) is 8.52. The number of nitrogens with zero attached hydrogens (tertiary/aromatic N) is 2. The minimum Gasteiger partial charge on any atom is -0.343 e. The first kappa shape index (κ1) is 24.0. The molecule has 0 radical (unpaired) electrons. The standard InChI is InChI=1S/C29H38N4O2/c1-20(30)28(34)31-26-13-8-14-27-25(22-11-6-3-7-12-22)17-24(33(27)29(26)35)19-32-16-15-23(18-32)21-9-4-2-5-10-21/h2-7,9-12,20,23-27H,8,13-19,30H2,1H3,(H,31,34)/t20?,23?,24-,25+,26-,27-/m0/s1. The fraction of sp³-hybridized carbons (Fsp3) is 0.517. The lowest BCUT2D eigenvalue weighted by Gasteiger charge is -2.34. The molecule has 5 rings (SSSR count). The van der Waals surface area contributed by atoms with Crippen LogP contribution in [0.25, 0.3) is 0 Å². The normalized spacial score (nSPS) is 30.1. The zero-order valence-electron chi connectivity index (χ0n) is 20.7. The first-order valence-electron chi connectivity index (χ1n) is 13.2. The van der Waals surface area contributed by atoms with Crippen LogP contribution in [0, 0.1) is 0 Å². The van der Waals surface area contributed by atoms with Gasteiger partial charge in [0.05, 0.1) is 6.04 Å². The van der Waals surface area contributed by atoms with Gasteiger partial charge >= 0.3 is 0 Å². The van der Waals surface area contributed by atoms with Crippen LogP contribution < -0.4 is 11.1 Å². The zero-order chi connectivity index (χ0) is 24.4. The average Bonchev–Trinajstić information content (AvgIpc) is 3.45. The van der Waals surface area contributed by atoms with E-state index in [1.165, 1.54) is 11.1 Å². The van der Waals surface area contributed by atoms with E-state index < -0.39 is 12.1 Å². The lowest BCUT2D eigenvalue weighted by molar-refractivity contribution is -0.138. The molecule has 3 heterocycles. The topological polar surface area (TPSA) is 78.7 Å². The molecule has 186 valence electrons. The van der Waals surface area contributed by atoms with Crippen LogP contribution in [-0.4, -0.2) is 65.4 Å². The summed E-state index contributed by atoms with van der Waals surface area (Å²) >= 11 is 0. The fourth-order valence-electron chi connectivity index (χ4n) is 6.50. The van der Waals surface area contributed by atoms with Gasteiger partial charge in [-0.05, 0) is 62.6 Å². The Morgan fingerprint density at radius 3 is 2.40 bits per heavy atom. The van der Waals surface area contributed by atoms with Gasteiger partial charge in [0.2, 0.25) is 11.8 Å². The first-order valence-corrected chi connectivity index (χ1v) is 13.2. The van der Waals surface area contributed by atoms with Gasteiger partial charge in [0, 0.05) is 31.1 Å². The van der Waals surface area contributed by atoms with Gasteiger partial charge in [0.25, 0.3) is 0 Å². The number of rotatable bonds is 6. The third kappa shape index (κ3) is 5.14. The Labute approximate surface area is 208 Å². The maximum absolute atomic E-state index is 13.9. The van der Waals surface area contributed by atoms with Crippen molar-refractivity contribution in [3.05, 3.63) is 71.8 Å². The maximum atomic E-state index is 13.9. The SMILES string of the molecule is CC(N)C(=O)N[C@H]1CCC[C@H]2[C@@H](c3ccccc3)C[C@@H](CN3CCC(c4ccccc4)C3)N2C1=O. The summed E-state index contributed by atoms with van der Waals surface area (Å²) < 4.78 is 0. The van der Waals surface area contributed by atoms with E-state index in [9.17, 15) is 9.59 Å². The van der Waals surface area contributed by atoms with Crippen LogP contribution in [0.1, 0.15) is 62.0 Å². The largest absolute Gasteiger partial charge is 0.343 e. The van der Waals surface area contributed by atoms with Crippen LogP contribution in [0.2, 0.25) is 0 Å². The highest BCUT2D eigenvalue weighted by Crippen LogP contribution is 2.42. The Hall–Kier alpha value is -2.70. The summed E-state index contributed by atoms with van der Waals surface area (Å²) in [6, 6.07) is 20.7. The molecule has 3 fully saturated rings. The molecule has 3 aliphatic heterocycles. The highest BCUT2D eigenvalue weighted by molar-refractivity contribution is 5.90. The van der Waals surface area contributed by atoms with E-state index in [1.807, 2.05) is 0 Å². The molecule has 2 aromatic rings. The van der Waals surface area contributed by atoms with E-state index in [2.05, 4.69) is 75.8 Å². The van der Waals surface area contributed by atoms with Crippen molar-refractivity contribution >= 4 is 11.8 Å². The van der Waals surface area contributed by atoms with E-state index in [0.717, 1.165) is 45.3 Å². The van der Waals surface area contributed by atoms with Crippen LogP contribution in [0.15, 0.2) is 60.7 Å². The smallest absolute Gasteiger partial charge is 0.245 e. The van der Waals surface area contributed by atoms with Gasteiger partial charge in [-0.25, -0.2) is 0 Å². The van der Waals surface area contributed by atoms with Crippen LogP contribution in [0.3, 0.4) is 0 Å². The van der Waals surface area contributed by atoms with E-state index >= 15 is 0 Å². The van der Waals surface area contributed by atoms with Crippen molar-refractivity contribution in [3.63, 3.8) is 0 Å². The Bertz CT molecular complexity index is 1010. The monoisotopic (exact) mass is 474 g/mol. The van der Waals surface area contributed by atoms with Gasteiger partial charge < -0.3 is 20.9 Å². The Kier molecular flexibility index (Phi) is 7.21. The molecule has 0 saturated carbocycles. The number of carbonyl (C=O) groups is 2. The van der Waals surface area contributed by atoms with E-state index in [-0.39, 0.29) is 23.9 Å². The molecule has 0 bridgehead atoms. The average molecular weight is 475 g/mol. The van der Waals surface area contributed by atoms with Gasteiger partial charge in [-0.2, -0.15) is 0 Å².